The van der Waals surface area contributed by atoms with Gasteiger partial charge in [-0.1, -0.05) is 31.5 Å². The quantitative estimate of drug-likeness (QED) is 0.720. The molecule has 0 unspecified atom stereocenters. The number of carbonyl (C=O) groups is 1. The number of furan rings is 1. The van der Waals surface area contributed by atoms with Crippen molar-refractivity contribution in [2.45, 2.75) is 33.1 Å². The third-order valence-electron chi connectivity index (χ3n) is 2.77. The molecule has 0 spiro atoms. The molecule has 0 amide bonds. The van der Waals surface area contributed by atoms with E-state index in [1.54, 1.807) is 0 Å². The first-order valence-electron chi connectivity index (χ1n) is 5.74. The number of unbranched alkanes of at least 4 members (excludes halogenated alkanes) is 1. The Kier molecular flexibility index (Phi) is 3.09. The summed E-state index contributed by atoms with van der Waals surface area (Å²) in [6, 6.07) is 7.79. The van der Waals surface area contributed by atoms with E-state index in [9.17, 15) is 4.79 Å². The van der Waals surface area contributed by atoms with Crippen LogP contribution in [0.1, 0.15) is 42.3 Å². The Morgan fingerprint density at radius 2 is 2.19 bits per heavy atom. The molecule has 0 atom stereocenters. The predicted octanol–water partition coefficient (Wildman–Crippen LogP) is 4.11. The molecule has 0 fully saturated rings. The number of hydrogen-bond donors (Lipinski definition) is 0. The van der Waals surface area contributed by atoms with Crippen molar-refractivity contribution in [1.82, 2.24) is 0 Å². The molecule has 0 bridgehead atoms. The SMILES string of the molecule is CCCCC(=O)c1cc2cccc(C)c2o1. The minimum atomic E-state index is 0.109. The van der Waals surface area contributed by atoms with Gasteiger partial charge in [0.25, 0.3) is 0 Å². The van der Waals surface area contributed by atoms with E-state index in [1.807, 2.05) is 31.2 Å². The van der Waals surface area contributed by atoms with Gasteiger partial charge in [-0.2, -0.15) is 0 Å². The smallest absolute Gasteiger partial charge is 0.198 e. The molecule has 1 heterocycles. The fourth-order valence-electron chi connectivity index (χ4n) is 1.81. The molecule has 1 aromatic carbocycles. The Bertz CT molecular complexity index is 508. The molecule has 16 heavy (non-hydrogen) atoms. The summed E-state index contributed by atoms with van der Waals surface area (Å²) in [4.78, 5) is 11.8. The first-order valence-corrected chi connectivity index (χ1v) is 5.74. The van der Waals surface area contributed by atoms with Crippen molar-refractivity contribution in [1.29, 1.82) is 0 Å². The van der Waals surface area contributed by atoms with Crippen LogP contribution in [-0.4, -0.2) is 5.78 Å². The normalized spacial score (nSPS) is 10.9. The average molecular weight is 216 g/mol. The van der Waals surface area contributed by atoms with E-state index in [2.05, 4.69) is 6.92 Å². The molecule has 0 N–H and O–H groups in total. The third kappa shape index (κ3) is 2.01. The van der Waals surface area contributed by atoms with Gasteiger partial charge < -0.3 is 4.42 Å². The van der Waals surface area contributed by atoms with Gasteiger partial charge in [0, 0.05) is 11.8 Å². The summed E-state index contributed by atoms with van der Waals surface area (Å²) in [7, 11) is 0. The first kappa shape index (κ1) is 10.9. The highest BCUT2D eigenvalue weighted by Gasteiger charge is 2.12. The molecular weight excluding hydrogens is 200 g/mol. The van der Waals surface area contributed by atoms with Crippen LogP contribution in [0.15, 0.2) is 28.7 Å². The van der Waals surface area contributed by atoms with Crippen molar-refractivity contribution >= 4 is 16.8 Å². The first-order chi connectivity index (χ1) is 7.72. The average Bonchev–Trinajstić information content (AvgIpc) is 2.71. The molecule has 1 aromatic heterocycles. The van der Waals surface area contributed by atoms with Gasteiger partial charge in [-0.25, -0.2) is 0 Å². The fourth-order valence-corrected chi connectivity index (χ4v) is 1.81. The summed E-state index contributed by atoms with van der Waals surface area (Å²) in [5, 5.41) is 1.01. The zero-order chi connectivity index (χ0) is 11.5. The molecule has 2 nitrogen and oxygen atoms in total. The van der Waals surface area contributed by atoms with Gasteiger partial charge in [-0.3, -0.25) is 4.79 Å². The van der Waals surface area contributed by atoms with Crippen LogP contribution in [0, 0.1) is 6.92 Å². The molecule has 0 aliphatic carbocycles. The van der Waals surface area contributed by atoms with Gasteiger partial charge in [-0.15, -0.1) is 0 Å². The summed E-state index contributed by atoms with van der Waals surface area (Å²) in [6.45, 7) is 4.07. The van der Waals surface area contributed by atoms with Crippen molar-refractivity contribution < 1.29 is 9.21 Å². The Labute approximate surface area is 95.3 Å². The number of rotatable bonds is 4. The van der Waals surface area contributed by atoms with E-state index in [0.717, 1.165) is 29.4 Å². The zero-order valence-electron chi connectivity index (χ0n) is 9.75. The lowest BCUT2D eigenvalue weighted by Crippen LogP contribution is -1.95. The lowest BCUT2D eigenvalue weighted by molar-refractivity contribution is 0.0955. The zero-order valence-corrected chi connectivity index (χ0v) is 9.75. The van der Waals surface area contributed by atoms with E-state index in [0.29, 0.717) is 12.2 Å². The Morgan fingerprint density at radius 1 is 1.38 bits per heavy atom. The summed E-state index contributed by atoms with van der Waals surface area (Å²) >= 11 is 0. The second kappa shape index (κ2) is 4.52. The number of fused-ring (bicyclic) bond motifs is 1. The molecule has 0 saturated heterocycles. The monoisotopic (exact) mass is 216 g/mol. The van der Waals surface area contributed by atoms with Crippen LogP contribution >= 0.6 is 0 Å². The highest BCUT2D eigenvalue weighted by atomic mass is 16.3. The number of Topliss-reactive ketones (excluding diaryl/α,β-unsaturated/α-hetero) is 1. The van der Waals surface area contributed by atoms with Gasteiger partial charge in [0.05, 0.1) is 0 Å². The maximum absolute atomic E-state index is 11.8. The Balaban J connectivity index is 2.32. The van der Waals surface area contributed by atoms with E-state index >= 15 is 0 Å². The Morgan fingerprint density at radius 3 is 2.88 bits per heavy atom. The van der Waals surface area contributed by atoms with Crippen molar-refractivity contribution in [3.63, 3.8) is 0 Å². The molecule has 2 aromatic rings. The number of ketones is 1. The number of hydrogen-bond acceptors (Lipinski definition) is 2. The summed E-state index contributed by atoms with van der Waals surface area (Å²) in [5.74, 6) is 0.607. The highest BCUT2D eigenvalue weighted by molar-refractivity contribution is 5.97. The van der Waals surface area contributed by atoms with Crippen molar-refractivity contribution in [3.8, 4) is 0 Å². The van der Waals surface area contributed by atoms with E-state index in [-0.39, 0.29) is 5.78 Å². The van der Waals surface area contributed by atoms with Gasteiger partial charge in [-0.05, 0) is 25.0 Å². The second-order valence-corrected chi connectivity index (χ2v) is 4.13. The molecular formula is C14H16O2. The van der Waals surface area contributed by atoms with E-state index in [4.69, 9.17) is 4.42 Å². The number of para-hydroxylation sites is 1. The summed E-state index contributed by atoms with van der Waals surface area (Å²) in [5.41, 5.74) is 1.91. The lowest BCUT2D eigenvalue weighted by Gasteiger charge is -1.94. The van der Waals surface area contributed by atoms with Crippen molar-refractivity contribution in [3.05, 3.63) is 35.6 Å². The molecule has 0 saturated carbocycles. The van der Waals surface area contributed by atoms with Gasteiger partial charge in [0.2, 0.25) is 0 Å². The summed E-state index contributed by atoms with van der Waals surface area (Å²) in [6.07, 6.45) is 2.54. The standard InChI is InChI=1S/C14H16O2/c1-3-4-8-12(15)13-9-11-7-5-6-10(2)14(11)16-13/h5-7,9H,3-4,8H2,1-2H3. The predicted molar refractivity (Wildman–Crippen MR) is 64.8 cm³/mol. The minimum Gasteiger partial charge on any atom is -0.453 e. The second-order valence-electron chi connectivity index (χ2n) is 4.13. The Hall–Kier alpha value is -1.57. The molecule has 2 heteroatoms. The van der Waals surface area contributed by atoms with Crippen molar-refractivity contribution in [2.24, 2.45) is 0 Å². The summed E-state index contributed by atoms with van der Waals surface area (Å²) < 4.78 is 5.61. The van der Waals surface area contributed by atoms with Crippen LogP contribution in [0.5, 0.6) is 0 Å². The van der Waals surface area contributed by atoms with Crippen LogP contribution in [0.3, 0.4) is 0 Å². The maximum atomic E-state index is 11.8. The largest absolute Gasteiger partial charge is 0.453 e. The van der Waals surface area contributed by atoms with E-state index < -0.39 is 0 Å². The maximum Gasteiger partial charge on any atom is 0.198 e. The highest BCUT2D eigenvalue weighted by Crippen LogP contribution is 2.23. The van der Waals surface area contributed by atoms with Crippen LogP contribution < -0.4 is 0 Å². The third-order valence-corrected chi connectivity index (χ3v) is 2.77. The fraction of sp³-hybridized carbons (Fsp3) is 0.357. The van der Waals surface area contributed by atoms with Crippen molar-refractivity contribution in [2.75, 3.05) is 0 Å². The molecule has 2 rings (SSSR count). The van der Waals surface area contributed by atoms with Crippen LogP contribution in [0.4, 0.5) is 0 Å². The number of aryl methyl sites for hydroxylation is 1. The van der Waals surface area contributed by atoms with Gasteiger partial charge >= 0.3 is 0 Å². The molecule has 0 aliphatic heterocycles. The van der Waals surface area contributed by atoms with Gasteiger partial charge in [0.1, 0.15) is 5.58 Å². The topological polar surface area (TPSA) is 30.2 Å². The number of benzene rings is 1. The van der Waals surface area contributed by atoms with Crippen LogP contribution in [-0.2, 0) is 0 Å². The molecule has 0 aliphatic rings. The lowest BCUT2D eigenvalue weighted by atomic mass is 10.1. The van der Waals surface area contributed by atoms with Crippen LogP contribution in [0.2, 0.25) is 0 Å². The number of carbonyl (C=O) groups excluding carboxylic acids is 1. The molecule has 0 radical (unpaired) electrons. The molecule has 84 valence electrons. The van der Waals surface area contributed by atoms with E-state index in [1.165, 1.54) is 0 Å². The van der Waals surface area contributed by atoms with Crippen LogP contribution in [0.25, 0.3) is 11.0 Å². The van der Waals surface area contributed by atoms with Gasteiger partial charge in [0.15, 0.2) is 11.5 Å². The minimum absolute atomic E-state index is 0.109.